The third kappa shape index (κ3) is 5.10. The fraction of sp³-hybridized carbons (Fsp3) is 0.278. The first kappa shape index (κ1) is 21.6. The lowest BCUT2D eigenvalue weighted by atomic mass is 10.1. The summed E-state index contributed by atoms with van der Waals surface area (Å²) in [5.41, 5.74) is -0.674. The van der Waals surface area contributed by atoms with Crippen molar-refractivity contribution in [3.05, 3.63) is 59.4 Å². The first-order valence-electron chi connectivity index (χ1n) is 8.51. The molecule has 1 fully saturated rings. The number of thiol groups is 1. The number of sulfonamides is 1. The normalized spacial score (nSPS) is 19.7. The van der Waals surface area contributed by atoms with Crippen LogP contribution in [0.3, 0.4) is 0 Å². The molecule has 0 aromatic heterocycles. The summed E-state index contributed by atoms with van der Waals surface area (Å²) in [7, 11) is -4.06. The van der Waals surface area contributed by atoms with Gasteiger partial charge >= 0.3 is 0 Å². The van der Waals surface area contributed by atoms with Crippen molar-refractivity contribution < 1.29 is 31.1 Å². The number of ether oxygens (including phenoxy) is 1. The van der Waals surface area contributed by atoms with E-state index in [0.717, 1.165) is 36.4 Å². The van der Waals surface area contributed by atoms with Crippen LogP contribution in [0.2, 0.25) is 0 Å². The number of hydrogen-bond donors (Lipinski definition) is 3. The number of benzene rings is 2. The van der Waals surface area contributed by atoms with Gasteiger partial charge in [0.25, 0.3) is 5.91 Å². The fourth-order valence-corrected chi connectivity index (χ4v) is 4.51. The van der Waals surface area contributed by atoms with Crippen LogP contribution in [-0.4, -0.2) is 38.8 Å². The van der Waals surface area contributed by atoms with Crippen LogP contribution >= 0.6 is 12.6 Å². The van der Waals surface area contributed by atoms with E-state index in [1.54, 1.807) is 0 Å². The number of amides is 1. The molecule has 1 aliphatic heterocycles. The van der Waals surface area contributed by atoms with Crippen molar-refractivity contribution in [2.75, 3.05) is 18.5 Å². The SMILES string of the molecule is O=C(Nc1ccc(F)c(F)c1)c1cc(S(=O)(=O)N[C@H]2CCOCC2S)ccc1F. The second-order valence-corrected chi connectivity index (χ2v) is 8.76. The Kier molecular flexibility index (Phi) is 6.52. The summed E-state index contributed by atoms with van der Waals surface area (Å²) in [5.74, 6) is -4.28. The molecule has 2 atom stereocenters. The summed E-state index contributed by atoms with van der Waals surface area (Å²) in [6, 6.07) is 4.88. The maximum Gasteiger partial charge on any atom is 0.258 e. The molecule has 1 saturated heterocycles. The Morgan fingerprint density at radius 1 is 1.07 bits per heavy atom. The van der Waals surface area contributed by atoms with E-state index in [9.17, 15) is 26.4 Å². The Morgan fingerprint density at radius 2 is 1.79 bits per heavy atom. The molecule has 1 aliphatic rings. The van der Waals surface area contributed by atoms with Gasteiger partial charge in [-0.25, -0.2) is 26.3 Å². The van der Waals surface area contributed by atoms with E-state index in [1.165, 1.54) is 0 Å². The number of carbonyl (C=O) groups excluding carboxylic acids is 1. The maximum absolute atomic E-state index is 14.1. The molecule has 1 amide bonds. The van der Waals surface area contributed by atoms with E-state index in [-0.39, 0.29) is 22.4 Å². The molecule has 0 spiro atoms. The first-order chi connectivity index (χ1) is 13.7. The molecule has 0 bridgehead atoms. The molecule has 6 nitrogen and oxygen atoms in total. The van der Waals surface area contributed by atoms with Crippen molar-refractivity contribution in [1.29, 1.82) is 0 Å². The minimum atomic E-state index is -4.06. The average molecular weight is 446 g/mol. The van der Waals surface area contributed by atoms with E-state index >= 15 is 0 Å². The molecular formula is C18H17F3N2O4S2. The number of rotatable bonds is 5. The van der Waals surface area contributed by atoms with Gasteiger partial charge in [0, 0.05) is 29.7 Å². The second kappa shape index (κ2) is 8.74. The van der Waals surface area contributed by atoms with Crippen LogP contribution in [0.1, 0.15) is 16.8 Å². The lowest BCUT2D eigenvalue weighted by Crippen LogP contribution is -2.46. The Hall–Kier alpha value is -2.08. The smallest absolute Gasteiger partial charge is 0.258 e. The molecule has 29 heavy (non-hydrogen) atoms. The molecule has 156 valence electrons. The standard InChI is InChI=1S/C18H17F3N2O4S2/c19-13-4-2-11(29(25,26)23-16-5-6-27-9-17(16)28)8-12(13)18(24)22-10-1-3-14(20)15(21)7-10/h1-4,7-8,16-17,23,28H,5-6,9H2,(H,22,24)/t16-,17?/m0/s1. The van der Waals surface area contributed by atoms with Crippen molar-refractivity contribution in [2.24, 2.45) is 0 Å². The zero-order valence-electron chi connectivity index (χ0n) is 14.9. The number of carbonyl (C=O) groups is 1. The average Bonchev–Trinajstić information content (AvgIpc) is 2.66. The van der Waals surface area contributed by atoms with Gasteiger partial charge in [-0.05, 0) is 36.8 Å². The Balaban J connectivity index is 1.83. The first-order valence-corrected chi connectivity index (χ1v) is 10.5. The molecule has 3 rings (SSSR count). The molecule has 2 aromatic rings. The number of nitrogens with one attached hydrogen (secondary N) is 2. The van der Waals surface area contributed by atoms with Crippen LogP contribution in [0.25, 0.3) is 0 Å². The van der Waals surface area contributed by atoms with Crippen LogP contribution in [0.5, 0.6) is 0 Å². The zero-order chi connectivity index (χ0) is 21.2. The van der Waals surface area contributed by atoms with Gasteiger partial charge in [0.1, 0.15) is 5.82 Å². The molecule has 11 heteroatoms. The molecule has 2 aromatic carbocycles. The molecule has 2 N–H and O–H groups in total. The summed E-state index contributed by atoms with van der Waals surface area (Å²) in [6.45, 7) is 0.650. The van der Waals surface area contributed by atoms with Gasteiger partial charge in [0.05, 0.1) is 17.1 Å². The molecular weight excluding hydrogens is 429 g/mol. The quantitative estimate of drug-likeness (QED) is 0.617. The lowest BCUT2D eigenvalue weighted by molar-refractivity contribution is 0.0887. The van der Waals surface area contributed by atoms with Gasteiger partial charge in [0.2, 0.25) is 10.0 Å². The van der Waals surface area contributed by atoms with Crippen LogP contribution < -0.4 is 10.0 Å². The highest BCUT2D eigenvalue weighted by Crippen LogP contribution is 2.21. The van der Waals surface area contributed by atoms with Gasteiger partial charge in [-0.1, -0.05) is 0 Å². The van der Waals surface area contributed by atoms with Gasteiger partial charge in [-0.15, -0.1) is 0 Å². The molecule has 0 radical (unpaired) electrons. The number of anilines is 1. The van der Waals surface area contributed by atoms with Crippen molar-refractivity contribution in [2.45, 2.75) is 22.6 Å². The van der Waals surface area contributed by atoms with Crippen LogP contribution in [0.4, 0.5) is 18.9 Å². The van der Waals surface area contributed by atoms with Gasteiger partial charge < -0.3 is 10.1 Å². The van der Waals surface area contributed by atoms with E-state index in [0.29, 0.717) is 13.0 Å². The minimum Gasteiger partial charge on any atom is -0.380 e. The Bertz CT molecular complexity index is 1030. The number of halogens is 3. The lowest BCUT2D eigenvalue weighted by Gasteiger charge is -2.28. The Labute approximate surface area is 170 Å². The monoisotopic (exact) mass is 446 g/mol. The summed E-state index contributed by atoms with van der Waals surface area (Å²) < 4.78 is 73.4. The van der Waals surface area contributed by atoms with Gasteiger partial charge in [-0.3, -0.25) is 4.79 Å². The third-order valence-electron chi connectivity index (χ3n) is 4.30. The fourth-order valence-electron chi connectivity index (χ4n) is 2.75. The Morgan fingerprint density at radius 3 is 2.48 bits per heavy atom. The van der Waals surface area contributed by atoms with E-state index < -0.39 is 45.0 Å². The molecule has 0 aliphatic carbocycles. The summed E-state index contributed by atoms with van der Waals surface area (Å²) >= 11 is 4.29. The van der Waals surface area contributed by atoms with E-state index in [1.807, 2.05) is 0 Å². The molecule has 1 unspecified atom stereocenters. The van der Waals surface area contributed by atoms with E-state index in [4.69, 9.17) is 4.74 Å². The topological polar surface area (TPSA) is 84.5 Å². The van der Waals surface area contributed by atoms with Crippen LogP contribution in [0.15, 0.2) is 41.3 Å². The highest BCUT2D eigenvalue weighted by atomic mass is 32.2. The summed E-state index contributed by atoms with van der Waals surface area (Å²) in [5, 5.41) is 1.85. The third-order valence-corrected chi connectivity index (χ3v) is 6.30. The predicted molar refractivity (Wildman–Crippen MR) is 103 cm³/mol. The van der Waals surface area contributed by atoms with Crippen molar-refractivity contribution >= 4 is 34.2 Å². The number of hydrogen-bond acceptors (Lipinski definition) is 5. The van der Waals surface area contributed by atoms with Gasteiger partial charge in [0.15, 0.2) is 11.6 Å². The van der Waals surface area contributed by atoms with Crippen molar-refractivity contribution in [1.82, 2.24) is 4.72 Å². The largest absolute Gasteiger partial charge is 0.380 e. The van der Waals surface area contributed by atoms with E-state index in [2.05, 4.69) is 22.7 Å². The molecule has 1 heterocycles. The van der Waals surface area contributed by atoms with Crippen molar-refractivity contribution in [3.63, 3.8) is 0 Å². The zero-order valence-corrected chi connectivity index (χ0v) is 16.6. The highest BCUT2D eigenvalue weighted by Gasteiger charge is 2.29. The van der Waals surface area contributed by atoms with Gasteiger partial charge in [-0.2, -0.15) is 12.6 Å². The van der Waals surface area contributed by atoms with Crippen LogP contribution in [0, 0.1) is 17.5 Å². The highest BCUT2D eigenvalue weighted by molar-refractivity contribution is 7.89. The van der Waals surface area contributed by atoms with Crippen molar-refractivity contribution in [3.8, 4) is 0 Å². The molecule has 0 saturated carbocycles. The maximum atomic E-state index is 14.1. The summed E-state index contributed by atoms with van der Waals surface area (Å²) in [6.07, 6.45) is 0.415. The summed E-state index contributed by atoms with van der Waals surface area (Å²) in [4.78, 5) is 12.0. The predicted octanol–water partition coefficient (Wildman–Crippen LogP) is 2.72. The second-order valence-electron chi connectivity index (χ2n) is 6.38. The minimum absolute atomic E-state index is 0.111. The van der Waals surface area contributed by atoms with Crippen LogP contribution in [-0.2, 0) is 14.8 Å².